The molecule has 1 heterocycles. The minimum atomic E-state index is 0.256. The first-order chi connectivity index (χ1) is 8.66. The summed E-state index contributed by atoms with van der Waals surface area (Å²) in [7, 11) is 0. The highest BCUT2D eigenvalue weighted by molar-refractivity contribution is 6.42. The number of rotatable bonds is 4. The summed E-state index contributed by atoms with van der Waals surface area (Å²) in [5, 5.41) is 12.3. The molecule has 1 aromatic carbocycles. The summed E-state index contributed by atoms with van der Waals surface area (Å²) in [6.45, 7) is 2.08. The zero-order chi connectivity index (χ0) is 13.0. The Morgan fingerprint density at radius 1 is 1.28 bits per heavy atom. The van der Waals surface area contributed by atoms with Crippen LogP contribution in [0.4, 0.5) is 0 Å². The van der Waals surface area contributed by atoms with Crippen LogP contribution in [0.1, 0.15) is 12.5 Å². The molecule has 0 unspecified atom stereocenters. The third-order valence-corrected chi connectivity index (χ3v) is 2.95. The predicted molar refractivity (Wildman–Crippen MR) is 69.8 cm³/mol. The van der Waals surface area contributed by atoms with Crippen LogP contribution in [0.5, 0.6) is 0 Å². The lowest BCUT2D eigenvalue weighted by molar-refractivity contribution is 0.0837. The molecule has 0 N–H and O–H groups in total. The Hall–Kier alpha value is -1.59. The van der Waals surface area contributed by atoms with Gasteiger partial charge in [-0.2, -0.15) is 0 Å². The van der Waals surface area contributed by atoms with Gasteiger partial charge in [0.2, 0.25) is 0 Å². The highest BCUT2D eigenvalue weighted by Crippen LogP contribution is 2.22. The Balaban J connectivity index is 2.01. The molecule has 0 atom stereocenters. The Morgan fingerprint density at radius 3 is 2.67 bits per heavy atom. The van der Waals surface area contributed by atoms with Gasteiger partial charge in [-0.3, -0.25) is 4.57 Å². The van der Waals surface area contributed by atoms with Crippen molar-refractivity contribution in [1.29, 1.82) is 0 Å². The normalized spacial score (nSPS) is 11.6. The van der Waals surface area contributed by atoms with E-state index in [-0.39, 0.29) is 6.73 Å². The zero-order valence-electron chi connectivity index (χ0n) is 9.55. The summed E-state index contributed by atoms with van der Waals surface area (Å²) < 4.78 is 1.66. The second-order valence-electron chi connectivity index (χ2n) is 3.54. The van der Waals surface area contributed by atoms with Crippen LogP contribution in [0.15, 0.2) is 36.0 Å². The van der Waals surface area contributed by atoms with Crippen molar-refractivity contribution in [2.45, 2.75) is 13.7 Å². The number of hydrogen-bond acceptors (Lipinski definition) is 4. The van der Waals surface area contributed by atoms with Crippen LogP contribution in [0.3, 0.4) is 0 Å². The van der Waals surface area contributed by atoms with Crippen molar-refractivity contribution in [3.05, 3.63) is 46.5 Å². The van der Waals surface area contributed by atoms with Gasteiger partial charge in [0.05, 0.1) is 15.8 Å². The number of halogens is 2. The maximum absolute atomic E-state index is 5.92. The Kier molecular flexibility index (Phi) is 4.17. The molecule has 2 rings (SSSR count). The minimum Gasteiger partial charge on any atom is -0.373 e. The quantitative estimate of drug-likeness (QED) is 0.641. The zero-order valence-corrected chi connectivity index (χ0v) is 11.1. The van der Waals surface area contributed by atoms with Crippen molar-refractivity contribution in [2.24, 2.45) is 5.16 Å². The van der Waals surface area contributed by atoms with Crippen molar-refractivity contribution in [2.75, 3.05) is 0 Å². The van der Waals surface area contributed by atoms with Crippen LogP contribution in [-0.2, 0) is 11.6 Å². The average Bonchev–Trinajstić information content (AvgIpc) is 2.85. The fraction of sp³-hybridized carbons (Fsp3) is 0.182. The first-order valence-corrected chi connectivity index (χ1v) is 5.87. The average molecular weight is 285 g/mol. The largest absolute Gasteiger partial charge is 0.373 e. The number of hydrogen-bond donors (Lipinski definition) is 0. The van der Waals surface area contributed by atoms with Crippen LogP contribution in [0, 0.1) is 0 Å². The molecule has 94 valence electrons. The van der Waals surface area contributed by atoms with Gasteiger partial charge >= 0.3 is 0 Å². The molecule has 0 aliphatic carbocycles. The monoisotopic (exact) mass is 284 g/mol. The SMILES string of the molecule is C/C(=N\OCn1cnnc1)c1ccc(Cl)c(Cl)c1. The second-order valence-corrected chi connectivity index (χ2v) is 4.35. The molecule has 18 heavy (non-hydrogen) atoms. The van der Waals surface area contributed by atoms with E-state index in [4.69, 9.17) is 28.0 Å². The van der Waals surface area contributed by atoms with Crippen LogP contribution in [0.25, 0.3) is 0 Å². The highest BCUT2D eigenvalue weighted by Gasteiger charge is 2.02. The summed E-state index contributed by atoms with van der Waals surface area (Å²) in [6.07, 6.45) is 3.09. The first-order valence-electron chi connectivity index (χ1n) is 5.11. The fourth-order valence-corrected chi connectivity index (χ4v) is 1.55. The smallest absolute Gasteiger partial charge is 0.195 e. The molecule has 0 amide bonds. The van der Waals surface area contributed by atoms with Gasteiger partial charge in [-0.25, -0.2) is 0 Å². The van der Waals surface area contributed by atoms with E-state index in [1.807, 2.05) is 13.0 Å². The summed E-state index contributed by atoms with van der Waals surface area (Å²) in [5.41, 5.74) is 1.56. The molecule has 1 aromatic heterocycles. The minimum absolute atomic E-state index is 0.256. The van der Waals surface area contributed by atoms with Gasteiger partial charge in [-0.05, 0) is 19.1 Å². The summed E-state index contributed by atoms with van der Waals surface area (Å²) >= 11 is 11.8. The van der Waals surface area contributed by atoms with Crippen molar-refractivity contribution in [3.63, 3.8) is 0 Å². The van der Waals surface area contributed by atoms with E-state index >= 15 is 0 Å². The summed E-state index contributed by atoms with van der Waals surface area (Å²) in [4.78, 5) is 5.16. The molecule has 0 saturated heterocycles. The van der Waals surface area contributed by atoms with E-state index in [1.165, 1.54) is 0 Å². The van der Waals surface area contributed by atoms with Gasteiger partial charge in [-0.15, -0.1) is 10.2 Å². The Bertz CT molecular complexity index is 554. The molecule has 0 bridgehead atoms. The molecular formula is C11H10Cl2N4O. The van der Waals surface area contributed by atoms with Gasteiger partial charge < -0.3 is 4.84 Å². The van der Waals surface area contributed by atoms with Gasteiger partial charge in [0.1, 0.15) is 12.7 Å². The summed E-state index contributed by atoms with van der Waals surface area (Å²) in [6, 6.07) is 5.29. The van der Waals surface area contributed by atoms with E-state index in [2.05, 4.69) is 15.4 Å². The van der Waals surface area contributed by atoms with E-state index in [1.54, 1.807) is 29.4 Å². The molecule has 0 fully saturated rings. The third kappa shape index (κ3) is 3.21. The number of aromatic nitrogens is 3. The van der Waals surface area contributed by atoms with Gasteiger partial charge in [0.25, 0.3) is 0 Å². The molecular weight excluding hydrogens is 275 g/mol. The van der Waals surface area contributed by atoms with Crippen LogP contribution in [0.2, 0.25) is 10.0 Å². The molecule has 7 heteroatoms. The third-order valence-electron chi connectivity index (χ3n) is 2.21. The fourth-order valence-electron chi connectivity index (χ4n) is 1.26. The molecule has 0 saturated carbocycles. The lowest BCUT2D eigenvalue weighted by atomic mass is 10.1. The van der Waals surface area contributed by atoms with Crippen LogP contribution in [-0.4, -0.2) is 20.5 Å². The lowest BCUT2D eigenvalue weighted by Crippen LogP contribution is -2.00. The number of oxime groups is 1. The van der Waals surface area contributed by atoms with E-state index in [9.17, 15) is 0 Å². The molecule has 2 aromatic rings. The van der Waals surface area contributed by atoms with Crippen molar-refractivity contribution in [1.82, 2.24) is 14.8 Å². The van der Waals surface area contributed by atoms with E-state index in [0.29, 0.717) is 15.8 Å². The van der Waals surface area contributed by atoms with Crippen molar-refractivity contribution >= 4 is 28.9 Å². The number of benzene rings is 1. The maximum Gasteiger partial charge on any atom is 0.195 e. The molecule has 0 radical (unpaired) electrons. The van der Waals surface area contributed by atoms with Gasteiger partial charge in [-0.1, -0.05) is 34.4 Å². The molecule has 0 aliphatic rings. The van der Waals surface area contributed by atoms with E-state index < -0.39 is 0 Å². The first kappa shape index (κ1) is 12.9. The summed E-state index contributed by atoms with van der Waals surface area (Å²) in [5.74, 6) is 0. The van der Waals surface area contributed by atoms with Gasteiger partial charge in [0, 0.05) is 5.56 Å². The van der Waals surface area contributed by atoms with Gasteiger partial charge in [0.15, 0.2) is 6.73 Å². The Labute approximate surface area is 114 Å². The highest BCUT2D eigenvalue weighted by atomic mass is 35.5. The van der Waals surface area contributed by atoms with E-state index in [0.717, 1.165) is 5.56 Å². The second kappa shape index (κ2) is 5.84. The van der Waals surface area contributed by atoms with Crippen LogP contribution < -0.4 is 0 Å². The van der Waals surface area contributed by atoms with Crippen molar-refractivity contribution in [3.8, 4) is 0 Å². The predicted octanol–water partition coefficient (Wildman–Crippen LogP) is 2.98. The van der Waals surface area contributed by atoms with Crippen molar-refractivity contribution < 1.29 is 4.84 Å². The molecule has 0 spiro atoms. The lowest BCUT2D eigenvalue weighted by Gasteiger charge is -2.04. The molecule has 5 nitrogen and oxygen atoms in total. The maximum atomic E-state index is 5.92. The standard InChI is InChI=1S/C11H10Cl2N4O/c1-8(9-2-3-10(12)11(13)4-9)16-18-7-17-5-14-15-6-17/h2-6H,7H2,1H3/b16-8+. The molecule has 0 aliphatic heterocycles. The number of nitrogens with zero attached hydrogens (tertiary/aromatic N) is 4. The van der Waals surface area contributed by atoms with Crippen LogP contribution >= 0.6 is 23.2 Å². The topological polar surface area (TPSA) is 52.3 Å². The Morgan fingerprint density at radius 2 is 2.00 bits per heavy atom.